The number of carbonyl (C=O) groups is 1. The second kappa shape index (κ2) is 8.26. The average molecular weight is 418 g/mol. The Labute approximate surface area is 182 Å². The van der Waals surface area contributed by atoms with E-state index in [4.69, 9.17) is 9.47 Å². The van der Waals surface area contributed by atoms with E-state index in [9.17, 15) is 4.79 Å². The first-order chi connectivity index (χ1) is 14.9. The molecule has 0 unspecified atom stereocenters. The summed E-state index contributed by atoms with van der Waals surface area (Å²) in [6, 6.07) is 19.0. The number of aromatic nitrogens is 2. The standard InChI is InChI=1S/C24H26N4O3/c1-16(18-11-8-12-19(15-18)30-4)26-22-25-14-13-20(27-22)28-21(17-9-6-5-7-10-17)24(2,3)31-23(28)29/h5-16,21H,1-4H3,(H,25,26,27)/t16-,21-/m0/s1. The van der Waals surface area contributed by atoms with Crippen LogP contribution >= 0.6 is 0 Å². The van der Waals surface area contributed by atoms with Crippen LogP contribution in [0.5, 0.6) is 5.75 Å². The lowest BCUT2D eigenvalue weighted by Gasteiger charge is -2.28. The Morgan fingerprint density at radius 1 is 1.13 bits per heavy atom. The number of rotatable bonds is 6. The lowest BCUT2D eigenvalue weighted by molar-refractivity contribution is 0.0685. The van der Waals surface area contributed by atoms with Crippen LogP contribution in [0.1, 0.15) is 44.0 Å². The zero-order valence-corrected chi connectivity index (χ0v) is 18.1. The van der Waals surface area contributed by atoms with E-state index in [1.54, 1.807) is 24.3 Å². The lowest BCUT2D eigenvalue weighted by atomic mass is 9.91. The maximum atomic E-state index is 12.8. The van der Waals surface area contributed by atoms with E-state index in [-0.39, 0.29) is 12.1 Å². The number of hydrogen-bond donors (Lipinski definition) is 1. The molecule has 1 aliphatic heterocycles. The number of methoxy groups -OCH3 is 1. The third-order valence-corrected chi connectivity index (χ3v) is 5.41. The van der Waals surface area contributed by atoms with E-state index in [0.717, 1.165) is 16.9 Å². The van der Waals surface area contributed by atoms with Crippen LogP contribution in [0.25, 0.3) is 0 Å². The Morgan fingerprint density at radius 2 is 1.90 bits per heavy atom. The van der Waals surface area contributed by atoms with E-state index in [1.807, 2.05) is 75.4 Å². The molecule has 7 nitrogen and oxygen atoms in total. The highest BCUT2D eigenvalue weighted by molar-refractivity contribution is 5.90. The summed E-state index contributed by atoms with van der Waals surface area (Å²) < 4.78 is 11.0. The number of nitrogens with one attached hydrogen (secondary N) is 1. The van der Waals surface area contributed by atoms with Crippen LogP contribution in [0.2, 0.25) is 0 Å². The molecule has 2 atom stereocenters. The van der Waals surface area contributed by atoms with Gasteiger partial charge in [-0.3, -0.25) is 0 Å². The number of cyclic esters (lactones) is 1. The predicted octanol–water partition coefficient (Wildman–Crippen LogP) is 5.13. The Kier molecular flexibility index (Phi) is 5.50. The molecule has 1 aromatic heterocycles. The van der Waals surface area contributed by atoms with Gasteiger partial charge in [-0.15, -0.1) is 0 Å². The third-order valence-electron chi connectivity index (χ3n) is 5.41. The minimum absolute atomic E-state index is 0.0581. The third kappa shape index (κ3) is 4.17. The van der Waals surface area contributed by atoms with Crippen LogP contribution in [0, 0.1) is 0 Å². The van der Waals surface area contributed by atoms with Crippen molar-refractivity contribution in [2.24, 2.45) is 0 Å². The average Bonchev–Trinajstić information content (AvgIpc) is 3.02. The molecule has 31 heavy (non-hydrogen) atoms. The molecule has 1 amide bonds. The van der Waals surface area contributed by atoms with Crippen molar-refractivity contribution >= 4 is 17.9 Å². The van der Waals surface area contributed by atoms with Gasteiger partial charge < -0.3 is 14.8 Å². The van der Waals surface area contributed by atoms with Crippen molar-refractivity contribution in [2.45, 2.75) is 38.5 Å². The number of nitrogens with zero attached hydrogens (tertiary/aromatic N) is 3. The summed E-state index contributed by atoms with van der Waals surface area (Å²) in [4.78, 5) is 23.4. The zero-order chi connectivity index (χ0) is 22.0. The quantitative estimate of drug-likeness (QED) is 0.598. The fraction of sp³-hybridized carbons (Fsp3) is 0.292. The van der Waals surface area contributed by atoms with Crippen molar-refractivity contribution in [1.82, 2.24) is 9.97 Å². The Bertz CT molecular complexity index is 1070. The molecular formula is C24H26N4O3. The number of carbonyl (C=O) groups excluding carboxylic acids is 1. The summed E-state index contributed by atoms with van der Waals surface area (Å²) in [5, 5.41) is 3.31. The molecule has 7 heteroatoms. The van der Waals surface area contributed by atoms with Crippen LogP contribution in [-0.4, -0.2) is 28.8 Å². The summed E-state index contributed by atoms with van der Waals surface area (Å²) in [5.74, 6) is 1.70. The normalized spacial score (nSPS) is 18.4. The molecule has 1 N–H and O–H groups in total. The van der Waals surface area contributed by atoms with E-state index in [2.05, 4.69) is 15.3 Å². The van der Waals surface area contributed by atoms with Crippen molar-refractivity contribution in [2.75, 3.05) is 17.3 Å². The van der Waals surface area contributed by atoms with Crippen LogP contribution in [0.15, 0.2) is 66.9 Å². The van der Waals surface area contributed by atoms with Gasteiger partial charge in [0.1, 0.15) is 23.2 Å². The zero-order valence-electron chi connectivity index (χ0n) is 18.1. The van der Waals surface area contributed by atoms with Crippen LogP contribution in [0.3, 0.4) is 0 Å². The fourth-order valence-corrected chi connectivity index (χ4v) is 3.90. The van der Waals surface area contributed by atoms with E-state index < -0.39 is 11.7 Å². The van der Waals surface area contributed by atoms with E-state index >= 15 is 0 Å². The molecule has 160 valence electrons. The highest BCUT2D eigenvalue weighted by atomic mass is 16.6. The highest BCUT2D eigenvalue weighted by Gasteiger charge is 2.49. The minimum Gasteiger partial charge on any atom is -0.497 e. The van der Waals surface area contributed by atoms with Crippen molar-refractivity contribution in [3.05, 3.63) is 78.0 Å². The van der Waals surface area contributed by atoms with Gasteiger partial charge in [0.15, 0.2) is 0 Å². The molecule has 0 aliphatic carbocycles. The van der Waals surface area contributed by atoms with Gasteiger partial charge >= 0.3 is 6.09 Å². The molecule has 2 aromatic carbocycles. The van der Waals surface area contributed by atoms with Crippen molar-refractivity contribution < 1.29 is 14.3 Å². The molecule has 4 rings (SSSR count). The van der Waals surface area contributed by atoms with Gasteiger partial charge in [0.25, 0.3) is 0 Å². The first-order valence-electron chi connectivity index (χ1n) is 10.2. The van der Waals surface area contributed by atoms with Gasteiger partial charge in [0, 0.05) is 6.20 Å². The monoisotopic (exact) mass is 418 g/mol. The van der Waals surface area contributed by atoms with Gasteiger partial charge in [-0.1, -0.05) is 42.5 Å². The smallest absolute Gasteiger partial charge is 0.416 e. The van der Waals surface area contributed by atoms with Crippen molar-refractivity contribution in [3.8, 4) is 5.75 Å². The molecule has 3 aromatic rings. The topological polar surface area (TPSA) is 76.6 Å². The van der Waals surface area contributed by atoms with Gasteiger partial charge in [0.2, 0.25) is 5.95 Å². The summed E-state index contributed by atoms with van der Waals surface area (Å²) in [7, 11) is 1.64. The molecule has 0 radical (unpaired) electrons. The van der Waals surface area contributed by atoms with Gasteiger partial charge in [0.05, 0.1) is 13.2 Å². The van der Waals surface area contributed by atoms with Crippen LogP contribution < -0.4 is 15.0 Å². The molecule has 1 fully saturated rings. The molecule has 0 bridgehead atoms. The number of hydrogen-bond acceptors (Lipinski definition) is 6. The summed E-state index contributed by atoms with van der Waals surface area (Å²) in [5.41, 5.74) is 1.32. The molecule has 1 aliphatic rings. The summed E-state index contributed by atoms with van der Waals surface area (Å²) >= 11 is 0. The number of benzene rings is 2. The van der Waals surface area contributed by atoms with Gasteiger partial charge in [-0.05, 0) is 50.1 Å². The number of ether oxygens (including phenoxy) is 2. The molecule has 2 heterocycles. The second-order valence-electron chi connectivity index (χ2n) is 8.04. The predicted molar refractivity (Wildman–Crippen MR) is 119 cm³/mol. The fourth-order valence-electron chi connectivity index (χ4n) is 3.90. The first-order valence-corrected chi connectivity index (χ1v) is 10.2. The molecular weight excluding hydrogens is 392 g/mol. The molecule has 1 saturated heterocycles. The lowest BCUT2D eigenvalue weighted by Crippen LogP contribution is -2.34. The van der Waals surface area contributed by atoms with Crippen LogP contribution in [-0.2, 0) is 4.74 Å². The second-order valence-corrected chi connectivity index (χ2v) is 8.04. The Morgan fingerprint density at radius 3 is 2.65 bits per heavy atom. The molecule has 0 spiro atoms. The largest absolute Gasteiger partial charge is 0.497 e. The summed E-state index contributed by atoms with van der Waals surface area (Å²) in [6.07, 6.45) is 1.22. The van der Waals surface area contributed by atoms with Crippen molar-refractivity contribution in [3.63, 3.8) is 0 Å². The summed E-state index contributed by atoms with van der Waals surface area (Å²) in [6.45, 7) is 5.84. The van der Waals surface area contributed by atoms with Crippen LogP contribution in [0.4, 0.5) is 16.6 Å². The maximum Gasteiger partial charge on any atom is 0.416 e. The SMILES string of the molecule is COc1cccc([C@H](C)Nc2nccc(N3C(=O)OC(C)(C)[C@@H]3c3ccccc3)n2)c1. The van der Waals surface area contributed by atoms with E-state index in [0.29, 0.717) is 11.8 Å². The Balaban J connectivity index is 1.63. The maximum absolute atomic E-state index is 12.8. The van der Waals surface area contributed by atoms with Crippen molar-refractivity contribution in [1.29, 1.82) is 0 Å². The Hall–Kier alpha value is -3.61. The first kappa shape index (κ1) is 20.7. The molecule has 0 saturated carbocycles. The van der Waals surface area contributed by atoms with Gasteiger partial charge in [-0.25, -0.2) is 14.7 Å². The van der Waals surface area contributed by atoms with E-state index in [1.165, 1.54) is 0 Å². The number of anilines is 2. The minimum atomic E-state index is -0.704. The van der Waals surface area contributed by atoms with Gasteiger partial charge in [-0.2, -0.15) is 4.98 Å². The number of amides is 1. The highest BCUT2D eigenvalue weighted by Crippen LogP contribution is 2.43.